The lowest BCUT2D eigenvalue weighted by molar-refractivity contribution is 0.630. The molecule has 1 atom stereocenters. The highest BCUT2D eigenvalue weighted by Crippen LogP contribution is 2.30. The highest BCUT2D eigenvalue weighted by atomic mass is 19.1. The molecule has 4 rings (SSSR count). The van der Waals surface area contributed by atoms with Crippen LogP contribution in [0.4, 0.5) is 10.2 Å². The first-order valence-corrected chi connectivity index (χ1v) is 8.05. The number of H-pyrrole nitrogens is 1. The number of halogens is 1. The molecule has 0 spiro atoms. The zero-order chi connectivity index (χ0) is 17.4. The van der Waals surface area contributed by atoms with E-state index in [2.05, 4.69) is 15.3 Å². The molecule has 1 unspecified atom stereocenters. The zero-order valence-corrected chi connectivity index (χ0v) is 13.6. The molecule has 0 aliphatic carbocycles. The number of hydrogen-bond donors (Lipinski definition) is 2. The number of hydrogen-bond acceptors (Lipinski definition) is 3. The number of aromatic amines is 1. The molecule has 0 amide bonds. The summed E-state index contributed by atoms with van der Waals surface area (Å²) in [6.07, 6.45) is 1.55. The van der Waals surface area contributed by atoms with Crippen molar-refractivity contribution in [3.63, 3.8) is 0 Å². The molecule has 0 saturated heterocycles. The van der Waals surface area contributed by atoms with Crippen LogP contribution in [0.5, 0.6) is 0 Å². The fourth-order valence-electron chi connectivity index (χ4n) is 3.07. The Bertz CT molecular complexity index is 1120. The van der Waals surface area contributed by atoms with Gasteiger partial charge in [-0.05, 0) is 36.8 Å². The third-order valence-electron chi connectivity index (χ3n) is 4.33. The van der Waals surface area contributed by atoms with Gasteiger partial charge in [-0.3, -0.25) is 4.79 Å². The molecule has 25 heavy (non-hydrogen) atoms. The summed E-state index contributed by atoms with van der Waals surface area (Å²) in [5.74, 6) is 0.245. The van der Waals surface area contributed by atoms with Gasteiger partial charge in [0.1, 0.15) is 11.6 Å². The maximum Gasteiger partial charge on any atom is 0.258 e. The van der Waals surface area contributed by atoms with Crippen LogP contribution in [0, 0.1) is 5.82 Å². The Labute approximate surface area is 143 Å². The van der Waals surface area contributed by atoms with E-state index in [-0.39, 0.29) is 17.4 Å². The lowest BCUT2D eigenvalue weighted by Gasteiger charge is -2.17. The van der Waals surface area contributed by atoms with E-state index in [0.717, 1.165) is 5.56 Å². The number of anilines is 1. The number of benzene rings is 2. The average molecular weight is 333 g/mol. The Kier molecular flexibility index (Phi) is 3.69. The van der Waals surface area contributed by atoms with Crippen LogP contribution < -0.4 is 10.9 Å². The minimum absolute atomic E-state index is 0.0152. The summed E-state index contributed by atoms with van der Waals surface area (Å²) in [5, 5.41) is 5.05. The molecule has 4 aromatic rings. The van der Waals surface area contributed by atoms with E-state index >= 15 is 0 Å². The molecular formula is C20H16FN3O. The predicted molar refractivity (Wildman–Crippen MR) is 98.3 cm³/mol. The summed E-state index contributed by atoms with van der Waals surface area (Å²) < 4.78 is 13.8. The molecule has 5 heteroatoms. The van der Waals surface area contributed by atoms with Crippen LogP contribution in [0.15, 0.2) is 65.6 Å². The van der Waals surface area contributed by atoms with Crippen molar-refractivity contribution in [1.29, 1.82) is 0 Å². The van der Waals surface area contributed by atoms with Crippen LogP contribution in [0.3, 0.4) is 0 Å². The molecule has 0 fully saturated rings. The standard InChI is InChI=1S/C20H16FN3O/c1-12(13-5-3-2-4-6-13)23-19-15-8-7-14(21)11-16(15)18-17(24-19)9-10-22-20(18)25/h2-12H,1H3,(H,22,25)(H,23,24). The molecule has 0 radical (unpaired) electrons. The molecule has 2 aromatic carbocycles. The van der Waals surface area contributed by atoms with E-state index in [1.54, 1.807) is 18.3 Å². The molecule has 2 aromatic heterocycles. The van der Waals surface area contributed by atoms with Crippen molar-refractivity contribution in [3.05, 3.63) is 82.5 Å². The van der Waals surface area contributed by atoms with Gasteiger partial charge >= 0.3 is 0 Å². The van der Waals surface area contributed by atoms with Crippen LogP contribution in [-0.2, 0) is 0 Å². The van der Waals surface area contributed by atoms with Gasteiger partial charge in [0, 0.05) is 23.0 Å². The summed E-state index contributed by atoms with van der Waals surface area (Å²) in [6.45, 7) is 2.04. The largest absolute Gasteiger partial charge is 0.363 e. The van der Waals surface area contributed by atoms with Crippen molar-refractivity contribution in [2.24, 2.45) is 0 Å². The van der Waals surface area contributed by atoms with Crippen molar-refractivity contribution in [2.45, 2.75) is 13.0 Å². The van der Waals surface area contributed by atoms with Gasteiger partial charge in [-0.1, -0.05) is 30.3 Å². The summed E-state index contributed by atoms with van der Waals surface area (Å²) in [6, 6.07) is 16.1. The smallest absolute Gasteiger partial charge is 0.258 e. The van der Waals surface area contributed by atoms with E-state index < -0.39 is 0 Å². The Morgan fingerprint density at radius 2 is 1.88 bits per heavy atom. The van der Waals surface area contributed by atoms with Gasteiger partial charge < -0.3 is 10.3 Å². The van der Waals surface area contributed by atoms with E-state index in [1.807, 2.05) is 37.3 Å². The van der Waals surface area contributed by atoms with E-state index in [4.69, 9.17) is 0 Å². The zero-order valence-electron chi connectivity index (χ0n) is 13.6. The Morgan fingerprint density at radius 3 is 2.68 bits per heavy atom. The number of rotatable bonds is 3. The normalized spacial score (nSPS) is 12.4. The number of fused-ring (bicyclic) bond motifs is 3. The topological polar surface area (TPSA) is 57.8 Å². The van der Waals surface area contributed by atoms with E-state index in [9.17, 15) is 9.18 Å². The fraction of sp³-hybridized carbons (Fsp3) is 0.100. The monoisotopic (exact) mass is 333 g/mol. The molecule has 0 bridgehead atoms. The van der Waals surface area contributed by atoms with Gasteiger partial charge in [0.15, 0.2) is 0 Å². The van der Waals surface area contributed by atoms with Gasteiger partial charge in [0.05, 0.1) is 10.9 Å². The Morgan fingerprint density at radius 1 is 1.08 bits per heavy atom. The van der Waals surface area contributed by atoms with Crippen molar-refractivity contribution < 1.29 is 4.39 Å². The molecule has 4 nitrogen and oxygen atoms in total. The number of nitrogens with zero attached hydrogens (tertiary/aromatic N) is 1. The second-order valence-corrected chi connectivity index (χ2v) is 5.99. The first-order chi connectivity index (χ1) is 12.1. The van der Waals surface area contributed by atoms with Gasteiger partial charge in [-0.15, -0.1) is 0 Å². The Hall–Kier alpha value is -3.21. The SMILES string of the molecule is CC(Nc1nc2cc[nH]c(=O)c2c2cc(F)ccc12)c1ccccc1. The molecule has 0 aliphatic rings. The number of aromatic nitrogens is 2. The summed E-state index contributed by atoms with van der Waals surface area (Å²) in [7, 11) is 0. The molecule has 2 N–H and O–H groups in total. The molecule has 0 saturated carbocycles. The third-order valence-corrected chi connectivity index (χ3v) is 4.33. The first-order valence-electron chi connectivity index (χ1n) is 8.05. The molecular weight excluding hydrogens is 317 g/mol. The van der Waals surface area contributed by atoms with E-state index in [0.29, 0.717) is 27.5 Å². The quantitative estimate of drug-likeness (QED) is 0.547. The van der Waals surface area contributed by atoms with Gasteiger partial charge in [-0.2, -0.15) is 0 Å². The van der Waals surface area contributed by atoms with Gasteiger partial charge in [-0.25, -0.2) is 9.37 Å². The van der Waals surface area contributed by atoms with Crippen LogP contribution in [0.2, 0.25) is 0 Å². The Balaban J connectivity index is 1.93. The van der Waals surface area contributed by atoms with Crippen LogP contribution in [0.1, 0.15) is 18.5 Å². The summed E-state index contributed by atoms with van der Waals surface area (Å²) in [5.41, 5.74) is 1.37. The third kappa shape index (κ3) is 2.74. The van der Waals surface area contributed by atoms with Crippen molar-refractivity contribution >= 4 is 27.5 Å². The second-order valence-electron chi connectivity index (χ2n) is 5.99. The minimum Gasteiger partial charge on any atom is -0.363 e. The summed E-state index contributed by atoms with van der Waals surface area (Å²) in [4.78, 5) is 19.5. The second kappa shape index (κ2) is 6.02. The number of nitrogens with one attached hydrogen (secondary N) is 2. The molecule has 124 valence electrons. The first kappa shape index (κ1) is 15.3. The van der Waals surface area contributed by atoms with Crippen molar-refractivity contribution in [1.82, 2.24) is 9.97 Å². The lowest BCUT2D eigenvalue weighted by Crippen LogP contribution is -2.11. The molecule has 0 aliphatic heterocycles. The van der Waals surface area contributed by atoms with Crippen LogP contribution in [0.25, 0.3) is 21.7 Å². The van der Waals surface area contributed by atoms with Crippen molar-refractivity contribution in [3.8, 4) is 0 Å². The maximum absolute atomic E-state index is 13.8. The fourth-order valence-corrected chi connectivity index (χ4v) is 3.07. The van der Waals surface area contributed by atoms with Crippen LogP contribution in [-0.4, -0.2) is 9.97 Å². The number of pyridine rings is 2. The summed E-state index contributed by atoms with van der Waals surface area (Å²) >= 11 is 0. The lowest BCUT2D eigenvalue weighted by atomic mass is 10.1. The average Bonchev–Trinajstić information content (AvgIpc) is 2.62. The van der Waals surface area contributed by atoms with E-state index in [1.165, 1.54) is 12.1 Å². The van der Waals surface area contributed by atoms with Crippen LogP contribution >= 0.6 is 0 Å². The molecule has 2 heterocycles. The minimum atomic E-state index is -0.384. The van der Waals surface area contributed by atoms with Gasteiger partial charge in [0.2, 0.25) is 0 Å². The van der Waals surface area contributed by atoms with Crippen molar-refractivity contribution in [2.75, 3.05) is 5.32 Å². The van der Waals surface area contributed by atoms with Gasteiger partial charge in [0.25, 0.3) is 5.56 Å². The highest BCUT2D eigenvalue weighted by Gasteiger charge is 2.14. The maximum atomic E-state index is 13.8. The predicted octanol–water partition coefficient (Wildman–Crippen LogP) is 4.39. The highest BCUT2D eigenvalue weighted by molar-refractivity contribution is 6.09.